The zero-order chi connectivity index (χ0) is 15.1. The molecule has 0 heterocycles. The molecule has 0 atom stereocenters. The van der Waals surface area contributed by atoms with Gasteiger partial charge < -0.3 is 5.32 Å². The molecule has 0 fully saturated rings. The van der Waals surface area contributed by atoms with Crippen LogP contribution in [0.5, 0.6) is 0 Å². The summed E-state index contributed by atoms with van der Waals surface area (Å²) in [7, 11) is -1.81. The van der Waals surface area contributed by atoms with Gasteiger partial charge in [0, 0.05) is 25.7 Å². The Morgan fingerprint density at radius 3 is 2.32 bits per heavy atom. The predicted octanol–water partition coefficient (Wildman–Crippen LogP) is 1.45. The van der Waals surface area contributed by atoms with Crippen molar-refractivity contribution in [1.29, 1.82) is 0 Å². The summed E-state index contributed by atoms with van der Waals surface area (Å²) in [5, 5.41) is 3.19. The first-order chi connectivity index (χ1) is 8.67. The van der Waals surface area contributed by atoms with Crippen molar-refractivity contribution in [1.82, 2.24) is 13.9 Å². The van der Waals surface area contributed by atoms with Gasteiger partial charge in [0.2, 0.25) is 0 Å². The van der Waals surface area contributed by atoms with Gasteiger partial charge in [-0.1, -0.05) is 13.0 Å². The molecule has 19 heavy (non-hydrogen) atoms. The van der Waals surface area contributed by atoms with E-state index >= 15 is 0 Å². The van der Waals surface area contributed by atoms with Crippen molar-refractivity contribution in [2.24, 2.45) is 0 Å². The van der Waals surface area contributed by atoms with Gasteiger partial charge in [-0.2, -0.15) is 17.0 Å². The quantitative estimate of drug-likeness (QED) is 0.517. The van der Waals surface area contributed by atoms with Crippen molar-refractivity contribution < 1.29 is 8.42 Å². The smallest absolute Gasteiger partial charge is 0.282 e. The fourth-order valence-corrected chi connectivity index (χ4v) is 3.40. The second-order valence-electron chi connectivity index (χ2n) is 5.53. The van der Waals surface area contributed by atoms with Crippen LogP contribution in [0.15, 0.2) is 12.7 Å². The highest BCUT2D eigenvalue weighted by molar-refractivity contribution is 7.86. The van der Waals surface area contributed by atoms with Crippen molar-refractivity contribution in [3.8, 4) is 0 Å². The van der Waals surface area contributed by atoms with Gasteiger partial charge in [-0.05, 0) is 40.3 Å². The molecule has 0 saturated carbocycles. The first-order valence-corrected chi connectivity index (χ1v) is 8.13. The van der Waals surface area contributed by atoms with Gasteiger partial charge in [0.05, 0.1) is 0 Å². The molecule has 0 bridgehead atoms. The molecule has 0 aromatic heterocycles. The van der Waals surface area contributed by atoms with E-state index < -0.39 is 15.7 Å². The number of nitrogens with one attached hydrogen (secondary N) is 1. The standard InChI is InChI=1S/C13H29N3O2S/c1-7-11-16(13(3,4)5)19(17,18)15(6)12-9-10-14-8-2/h7,14H,1,8-12H2,2-6H3. The molecule has 114 valence electrons. The molecule has 0 aliphatic rings. The van der Waals surface area contributed by atoms with Crippen LogP contribution in [0.25, 0.3) is 0 Å². The molecule has 0 aromatic carbocycles. The molecule has 0 amide bonds. The average molecular weight is 291 g/mol. The molecule has 5 nitrogen and oxygen atoms in total. The van der Waals surface area contributed by atoms with E-state index in [9.17, 15) is 8.42 Å². The number of rotatable bonds is 9. The van der Waals surface area contributed by atoms with E-state index in [4.69, 9.17) is 0 Å². The zero-order valence-electron chi connectivity index (χ0n) is 12.9. The maximum absolute atomic E-state index is 12.5. The third-order valence-corrected chi connectivity index (χ3v) is 5.02. The first-order valence-electron chi connectivity index (χ1n) is 6.73. The number of hydrogen-bond acceptors (Lipinski definition) is 3. The normalized spacial score (nSPS) is 13.2. The molecule has 6 heteroatoms. The van der Waals surface area contributed by atoms with Crippen LogP contribution in [0.3, 0.4) is 0 Å². The van der Waals surface area contributed by atoms with Gasteiger partial charge in [-0.15, -0.1) is 6.58 Å². The summed E-state index contributed by atoms with van der Waals surface area (Å²) in [5.41, 5.74) is -0.455. The second-order valence-corrected chi connectivity index (χ2v) is 7.49. The Morgan fingerprint density at radius 1 is 1.32 bits per heavy atom. The van der Waals surface area contributed by atoms with E-state index in [0.29, 0.717) is 13.1 Å². The van der Waals surface area contributed by atoms with E-state index in [1.807, 2.05) is 27.7 Å². The van der Waals surface area contributed by atoms with Gasteiger partial charge in [0.25, 0.3) is 10.2 Å². The highest BCUT2D eigenvalue weighted by atomic mass is 32.2. The molecule has 0 aliphatic heterocycles. The lowest BCUT2D eigenvalue weighted by molar-refractivity contribution is 0.249. The maximum atomic E-state index is 12.5. The molecule has 0 radical (unpaired) electrons. The topological polar surface area (TPSA) is 52.7 Å². The van der Waals surface area contributed by atoms with Gasteiger partial charge in [-0.3, -0.25) is 0 Å². The van der Waals surface area contributed by atoms with Crippen LogP contribution < -0.4 is 5.32 Å². The fourth-order valence-electron chi connectivity index (χ4n) is 1.72. The van der Waals surface area contributed by atoms with Gasteiger partial charge in [0.1, 0.15) is 0 Å². The lowest BCUT2D eigenvalue weighted by Crippen LogP contribution is -2.51. The van der Waals surface area contributed by atoms with E-state index in [0.717, 1.165) is 19.5 Å². The molecule has 0 rings (SSSR count). The molecule has 0 saturated heterocycles. The number of hydrogen-bond donors (Lipinski definition) is 1. The minimum absolute atomic E-state index is 0.323. The van der Waals surface area contributed by atoms with Crippen molar-refractivity contribution in [2.75, 3.05) is 33.2 Å². The van der Waals surface area contributed by atoms with Crippen LogP contribution in [0.1, 0.15) is 34.1 Å². The maximum Gasteiger partial charge on any atom is 0.282 e. The summed E-state index contributed by atoms with van der Waals surface area (Å²) in [6.45, 7) is 13.9. The summed E-state index contributed by atoms with van der Waals surface area (Å²) in [6.07, 6.45) is 2.42. The van der Waals surface area contributed by atoms with E-state index in [1.54, 1.807) is 13.1 Å². The average Bonchev–Trinajstić information content (AvgIpc) is 2.29. The summed E-state index contributed by atoms with van der Waals surface area (Å²) in [6, 6.07) is 0. The minimum Gasteiger partial charge on any atom is -0.317 e. The van der Waals surface area contributed by atoms with Crippen molar-refractivity contribution in [3.05, 3.63) is 12.7 Å². The van der Waals surface area contributed by atoms with Crippen LogP contribution in [0, 0.1) is 0 Å². The molecule has 1 N–H and O–H groups in total. The lowest BCUT2D eigenvalue weighted by Gasteiger charge is -2.36. The molecule has 0 aliphatic carbocycles. The Morgan fingerprint density at radius 2 is 1.89 bits per heavy atom. The van der Waals surface area contributed by atoms with Crippen molar-refractivity contribution in [2.45, 2.75) is 39.7 Å². The van der Waals surface area contributed by atoms with Crippen LogP contribution in [-0.2, 0) is 10.2 Å². The number of nitrogens with zero attached hydrogens (tertiary/aromatic N) is 2. The molecule has 0 unspecified atom stereocenters. The second kappa shape index (κ2) is 7.99. The van der Waals surface area contributed by atoms with E-state index in [-0.39, 0.29) is 0 Å². The summed E-state index contributed by atoms with van der Waals surface area (Å²) >= 11 is 0. The van der Waals surface area contributed by atoms with E-state index in [2.05, 4.69) is 11.9 Å². The Hall–Kier alpha value is -0.430. The van der Waals surface area contributed by atoms with Crippen molar-refractivity contribution >= 4 is 10.2 Å². The Kier molecular flexibility index (Phi) is 7.81. The predicted molar refractivity (Wildman–Crippen MR) is 81.4 cm³/mol. The molecular weight excluding hydrogens is 262 g/mol. The van der Waals surface area contributed by atoms with Crippen molar-refractivity contribution in [3.63, 3.8) is 0 Å². The Bertz CT molecular complexity index is 361. The molecular formula is C13H29N3O2S. The highest BCUT2D eigenvalue weighted by Gasteiger charge is 2.34. The lowest BCUT2D eigenvalue weighted by atomic mass is 10.1. The fraction of sp³-hybridized carbons (Fsp3) is 0.846. The third-order valence-electron chi connectivity index (χ3n) is 2.79. The van der Waals surface area contributed by atoms with Gasteiger partial charge >= 0.3 is 0 Å². The highest BCUT2D eigenvalue weighted by Crippen LogP contribution is 2.20. The molecule has 0 aromatic rings. The van der Waals surface area contributed by atoms with Crippen LogP contribution in [0.4, 0.5) is 0 Å². The molecule has 0 spiro atoms. The van der Waals surface area contributed by atoms with Gasteiger partial charge in [-0.25, -0.2) is 0 Å². The Labute approximate surface area is 118 Å². The van der Waals surface area contributed by atoms with Crippen LogP contribution in [0.2, 0.25) is 0 Å². The first kappa shape index (κ1) is 18.6. The largest absolute Gasteiger partial charge is 0.317 e. The SMILES string of the molecule is C=CCN(C(C)(C)C)S(=O)(=O)N(C)CCCNCC. The zero-order valence-corrected chi connectivity index (χ0v) is 13.8. The Balaban J connectivity index is 4.75. The summed E-state index contributed by atoms with van der Waals surface area (Å²) in [5.74, 6) is 0. The van der Waals surface area contributed by atoms with E-state index in [1.165, 1.54) is 8.61 Å². The van der Waals surface area contributed by atoms with Crippen LogP contribution >= 0.6 is 0 Å². The minimum atomic E-state index is -3.44. The van der Waals surface area contributed by atoms with Gasteiger partial charge in [0.15, 0.2) is 0 Å². The summed E-state index contributed by atoms with van der Waals surface area (Å²) < 4.78 is 27.9. The monoisotopic (exact) mass is 291 g/mol. The third kappa shape index (κ3) is 6.03. The van der Waals surface area contributed by atoms with Crippen LogP contribution in [-0.4, -0.2) is 55.8 Å². The summed E-state index contributed by atoms with van der Waals surface area (Å²) in [4.78, 5) is 0.